The predicted molar refractivity (Wildman–Crippen MR) is 256 cm³/mol. The summed E-state index contributed by atoms with van der Waals surface area (Å²) in [5, 5.41) is 0. The molecular formula is C58H94O. The largest absolute Gasteiger partial charge is 0.365 e. The van der Waals surface area contributed by atoms with E-state index in [9.17, 15) is 0 Å². The Balaban J connectivity index is 1.09. The van der Waals surface area contributed by atoms with E-state index in [2.05, 4.69) is 76.2 Å². The van der Waals surface area contributed by atoms with Gasteiger partial charge < -0.3 is 4.74 Å². The fourth-order valence-electron chi connectivity index (χ4n) is 13.2. The maximum absolute atomic E-state index is 7.81. The van der Waals surface area contributed by atoms with Gasteiger partial charge in [-0.05, 0) is 159 Å². The molecule has 6 rings (SSSR count). The molecule has 1 heteroatoms. The summed E-state index contributed by atoms with van der Waals surface area (Å²) in [4.78, 5) is 0. The van der Waals surface area contributed by atoms with Crippen molar-refractivity contribution in [3.8, 4) is 0 Å². The van der Waals surface area contributed by atoms with Gasteiger partial charge in [-0.3, -0.25) is 0 Å². The summed E-state index contributed by atoms with van der Waals surface area (Å²) in [6, 6.07) is 19.6. The Bertz CT molecular complexity index is 1240. The first-order valence-corrected chi connectivity index (χ1v) is 26.9. The van der Waals surface area contributed by atoms with E-state index < -0.39 is 0 Å². The second-order valence-corrected chi connectivity index (χ2v) is 21.3. The molecule has 0 spiro atoms. The summed E-state index contributed by atoms with van der Waals surface area (Å²) in [6.07, 6.45) is 45.7. The molecule has 59 heavy (non-hydrogen) atoms. The smallest absolute Gasteiger partial charge is 0.0861 e. The van der Waals surface area contributed by atoms with E-state index in [4.69, 9.17) is 4.74 Å². The van der Waals surface area contributed by atoms with Gasteiger partial charge in [-0.15, -0.1) is 0 Å². The van der Waals surface area contributed by atoms with Gasteiger partial charge in [-0.1, -0.05) is 192 Å². The van der Waals surface area contributed by atoms with Gasteiger partial charge in [-0.25, -0.2) is 0 Å². The highest BCUT2D eigenvalue weighted by Gasteiger charge is 2.39. The van der Waals surface area contributed by atoms with Gasteiger partial charge in [0.1, 0.15) is 0 Å². The van der Waals surface area contributed by atoms with Crippen LogP contribution in [0.5, 0.6) is 0 Å². The Kier molecular flexibility index (Phi) is 20.8. The standard InChI is InChI=1S/C58H94O/c1-5-9-11-13-15-19-47-21-29-49(30-22-47)51-37-41-55(42-38-51)57(53-33-25-45(17-7-3)26-34-53)59-58(54-35-27-46(18-8-4)28-36-54)56-43-39-52(40-44-56)50-31-23-48(24-32-50)20-16-14-12-10-6-2/h25-28,33-36,47-52,55-58H,5-24,29-32,37-44H2,1-4H3/t47-,48-,49-,50-,51-,52-,55-,56-,57?,58?. The van der Waals surface area contributed by atoms with E-state index in [1.165, 1.54) is 228 Å². The number of hydrogen-bond donors (Lipinski definition) is 0. The van der Waals surface area contributed by atoms with Crippen LogP contribution in [0.25, 0.3) is 0 Å². The number of rotatable bonds is 24. The molecule has 1 nitrogen and oxygen atoms in total. The molecule has 4 saturated carbocycles. The first-order valence-electron chi connectivity index (χ1n) is 26.9. The Morgan fingerprint density at radius 1 is 0.373 bits per heavy atom. The molecule has 2 atom stereocenters. The first kappa shape index (κ1) is 46.9. The normalized spacial score (nSPS) is 28.9. The van der Waals surface area contributed by atoms with Crippen molar-refractivity contribution >= 4 is 0 Å². The van der Waals surface area contributed by atoms with Crippen LogP contribution in [0.2, 0.25) is 0 Å². The van der Waals surface area contributed by atoms with Gasteiger partial charge in [-0.2, -0.15) is 0 Å². The van der Waals surface area contributed by atoms with Crippen LogP contribution >= 0.6 is 0 Å². The van der Waals surface area contributed by atoms with Gasteiger partial charge >= 0.3 is 0 Å². The van der Waals surface area contributed by atoms with Crippen molar-refractivity contribution in [3.05, 3.63) is 70.8 Å². The van der Waals surface area contributed by atoms with Crippen LogP contribution in [0.4, 0.5) is 0 Å². The SMILES string of the molecule is CCCCCCC[C@H]1CC[C@H]([C@H]2CC[C@H](C(OC(c3ccc(CCC)cc3)[C@H]3CC[C@H]([C@H]4CC[C@H](CCCCCCC)CC4)CC3)c3ccc(CCC)cc3)CC2)CC1. The molecule has 4 aliphatic carbocycles. The number of unbranched alkanes of at least 4 members (excludes halogenated alkanes) is 8. The van der Waals surface area contributed by atoms with E-state index in [0.717, 1.165) is 35.5 Å². The molecule has 4 aliphatic rings. The summed E-state index contributed by atoms with van der Waals surface area (Å²) in [5.74, 6) is 7.15. The molecule has 332 valence electrons. The van der Waals surface area contributed by atoms with Crippen LogP contribution < -0.4 is 0 Å². The van der Waals surface area contributed by atoms with E-state index in [-0.39, 0.29) is 12.2 Å². The third-order valence-electron chi connectivity index (χ3n) is 17.0. The predicted octanol–water partition coefficient (Wildman–Crippen LogP) is 18.3. The molecular weight excluding hydrogens is 713 g/mol. The van der Waals surface area contributed by atoms with Gasteiger partial charge in [0.05, 0.1) is 12.2 Å². The molecule has 0 bridgehead atoms. The fraction of sp³-hybridized carbons (Fsp3) is 0.793. The second-order valence-electron chi connectivity index (χ2n) is 21.3. The van der Waals surface area contributed by atoms with Crippen molar-refractivity contribution in [2.45, 2.75) is 245 Å². The molecule has 0 N–H and O–H groups in total. The maximum Gasteiger partial charge on any atom is 0.0861 e. The van der Waals surface area contributed by atoms with Crippen LogP contribution in [0.3, 0.4) is 0 Å². The molecule has 0 radical (unpaired) electrons. The quantitative estimate of drug-likeness (QED) is 0.0960. The highest BCUT2D eigenvalue weighted by Crippen LogP contribution is 2.50. The molecule has 2 aromatic rings. The lowest BCUT2D eigenvalue weighted by molar-refractivity contribution is -0.0934. The van der Waals surface area contributed by atoms with Gasteiger partial charge in [0.25, 0.3) is 0 Å². The van der Waals surface area contributed by atoms with Crippen LogP contribution in [0.15, 0.2) is 48.5 Å². The van der Waals surface area contributed by atoms with Crippen molar-refractivity contribution in [1.29, 1.82) is 0 Å². The van der Waals surface area contributed by atoms with Crippen molar-refractivity contribution in [2.24, 2.45) is 47.3 Å². The average molecular weight is 807 g/mol. The summed E-state index contributed by atoms with van der Waals surface area (Å²) in [6.45, 7) is 9.30. The van der Waals surface area contributed by atoms with Gasteiger partial charge in [0, 0.05) is 0 Å². The van der Waals surface area contributed by atoms with Crippen LogP contribution in [0.1, 0.15) is 255 Å². The van der Waals surface area contributed by atoms with Gasteiger partial charge in [0.15, 0.2) is 0 Å². The van der Waals surface area contributed by atoms with Crippen molar-refractivity contribution < 1.29 is 4.74 Å². The van der Waals surface area contributed by atoms with E-state index in [0.29, 0.717) is 11.8 Å². The fourth-order valence-corrected chi connectivity index (χ4v) is 13.2. The Morgan fingerprint density at radius 2 is 0.695 bits per heavy atom. The molecule has 2 unspecified atom stereocenters. The van der Waals surface area contributed by atoms with Crippen molar-refractivity contribution in [3.63, 3.8) is 0 Å². The van der Waals surface area contributed by atoms with Crippen LogP contribution in [-0.4, -0.2) is 0 Å². The number of benzene rings is 2. The molecule has 4 fully saturated rings. The summed E-state index contributed by atoms with van der Waals surface area (Å²) >= 11 is 0. The number of ether oxygens (including phenoxy) is 1. The van der Waals surface area contributed by atoms with E-state index >= 15 is 0 Å². The maximum atomic E-state index is 7.81. The molecule has 0 amide bonds. The van der Waals surface area contributed by atoms with E-state index in [1.54, 1.807) is 0 Å². The molecule has 0 heterocycles. The average Bonchev–Trinajstić information content (AvgIpc) is 3.28. The minimum atomic E-state index is 0.199. The Morgan fingerprint density at radius 3 is 1.02 bits per heavy atom. The lowest BCUT2D eigenvalue weighted by Crippen LogP contribution is -2.31. The Labute approximate surface area is 366 Å². The zero-order valence-corrected chi connectivity index (χ0v) is 39.4. The first-order chi connectivity index (χ1) is 29.1. The van der Waals surface area contributed by atoms with Crippen LogP contribution in [-0.2, 0) is 17.6 Å². The summed E-state index contributed by atoms with van der Waals surface area (Å²) in [5.41, 5.74) is 5.88. The highest BCUT2D eigenvalue weighted by molar-refractivity contribution is 5.27. The monoisotopic (exact) mass is 807 g/mol. The highest BCUT2D eigenvalue weighted by atomic mass is 16.5. The minimum Gasteiger partial charge on any atom is -0.365 e. The van der Waals surface area contributed by atoms with Gasteiger partial charge in [0.2, 0.25) is 0 Å². The number of hydrogen-bond acceptors (Lipinski definition) is 1. The topological polar surface area (TPSA) is 9.23 Å². The Hall–Kier alpha value is -1.60. The van der Waals surface area contributed by atoms with Crippen LogP contribution in [0, 0.1) is 47.3 Å². The second kappa shape index (κ2) is 26.1. The number of aryl methyl sites for hydroxylation is 2. The third-order valence-corrected chi connectivity index (χ3v) is 17.0. The molecule has 0 aromatic heterocycles. The lowest BCUT2D eigenvalue weighted by Gasteiger charge is -2.43. The molecule has 2 aromatic carbocycles. The zero-order valence-electron chi connectivity index (χ0n) is 39.4. The zero-order chi connectivity index (χ0) is 41.1. The lowest BCUT2D eigenvalue weighted by atomic mass is 9.67. The van der Waals surface area contributed by atoms with Crippen molar-refractivity contribution in [1.82, 2.24) is 0 Å². The molecule has 0 aliphatic heterocycles. The third kappa shape index (κ3) is 14.7. The van der Waals surface area contributed by atoms with Crippen molar-refractivity contribution in [2.75, 3.05) is 0 Å². The minimum absolute atomic E-state index is 0.199. The summed E-state index contributed by atoms with van der Waals surface area (Å²) < 4.78 is 7.81. The summed E-state index contributed by atoms with van der Waals surface area (Å²) in [7, 11) is 0. The molecule has 0 saturated heterocycles. The van der Waals surface area contributed by atoms with E-state index in [1.807, 2.05) is 0 Å².